The molecule has 6 nitrogen and oxygen atoms in total. The van der Waals surface area contributed by atoms with Gasteiger partial charge in [-0.2, -0.15) is 0 Å². The summed E-state index contributed by atoms with van der Waals surface area (Å²) in [7, 11) is 3.17. The fourth-order valence-corrected chi connectivity index (χ4v) is 1.92. The summed E-state index contributed by atoms with van der Waals surface area (Å²) < 4.78 is 10.4. The molecule has 0 unspecified atom stereocenters. The second kappa shape index (κ2) is 7.87. The fraction of sp³-hybridized carbons (Fsp3) is 0.250. The zero-order valence-corrected chi connectivity index (χ0v) is 12.6. The van der Waals surface area contributed by atoms with E-state index in [9.17, 15) is 4.79 Å². The van der Waals surface area contributed by atoms with Crippen LogP contribution in [0.5, 0.6) is 11.5 Å². The molecule has 6 heteroatoms. The van der Waals surface area contributed by atoms with E-state index in [1.807, 2.05) is 30.3 Å². The van der Waals surface area contributed by atoms with Crippen LogP contribution < -0.4 is 20.1 Å². The molecule has 116 valence electrons. The Morgan fingerprint density at radius 1 is 0.955 bits per heavy atom. The summed E-state index contributed by atoms with van der Waals surface area (Å²) in [5.74, 6) is 1.30. The molecule has 2 aromatic rings. The van der Waals surface area contributed by atoms with Crippen LogP contribution in [0.15, 0.2) is 42.7 Å². The number of amides is 2. The lowest BCUT2D eigenvalue weighted by molar-refractivity contribution is 0.240. The standard InChI is InChI=1S/C16H19N3O3/c1-21-14-4-3-13(9-15(14)22-2)11-19-16(20)18-10-12-5-7-17-8-6-12/h3-9H,10-11H2,1-2H3,(H2,18,19,20). The molecule has 0 spiro atoms. The summed E-state index contributed by atoms with van der Waals surface area (Å²) in [5, 5.41) is 5.58. The molecular formula is C16H19N3O3. The molecule has 2 rings (SSSR count). The Kier molecular flexibility index (Phi) is 5.59. The van der Waals surface area contributed by atoms with Crippen LogP contribution in [-0.2, 0) is 13.1 Å². The van der Waals surface area contributed by atoms with Crippen LogP contribution in [0.4, 0.5) is 4.79 Å². The largest absolute Gasteiger partial charge is 0.493 e. The van der Waals surface area contributed by atoms with Crippen molar-refractivity contribution in [1.82, 2.24) is 15.6 Å². The molecule has 0 saturated carbocycles. The van der Waals surface area contributed by atoms with E-state index in [1.54, 1.807) is 26.6 Å². The van der Waals surface area contributed by atoms with Gasteiger partial charge in [0.25, 0.3) is 0 Å². The van der Waals surface area contributed by atoms with Crippen LogP contribution in [0.25, 0.3) is 0 Å². The quantitative estimate of drug-likeness (QED) is 0.857. The van der Waals surface area contributed by atoms with Gasteiger partial charge in [0.05, 0.1) is 14.2 Å². The molecule has 1 aromatic heterocycles. The van der Waals surface area contributed by atoms with Crippen molar-refractivity contribution < 1.29 is 14.3 Å². The first-order valence-corrected chi connectivity index (χ1v) is 6.84. The maximum atomic E-state index is 11.8. The minimum atomic E-state index is -0.230. The second-order valence-corrected chi connectivity index (χ2v) is 4.58. The van der Waals surface area contributed by atoms with E-state index in [0.717, 1.165) is 11.1 Å². The molecule has 0 fully saturated rings. The highest BCUT2D eigenvalue weighted by Crippen LogP contribution is 2.27. The Hall–Kier alpha value is -2.76. The van der Waals surface area contributed by atoms with Gasteiger partial charge in [-0.25, -0.2) is 4.79 Å². The van der Waals surface area contributed by atoms with Gasteiger partial charge in [0.1, 0.15) is 0 Å². The lowest BCUT2D eigenvalue weighted by Crippen LogP contribution is -2.34. The number of ether oxygens (including phenoxy) is 2. The third-order valence-electron chi connectivity index (χ3n) is 3.10. The first kappa shape index (κ1) is 15.6. The smallest absolute Gasteiger partial charge is 0.315 e. The minimum absolute atomic E-state index is 0.230. The summed E-state index contributed by atoms with van der Waals surface area (Å²) in [5.41, 5.74) is 1.92. The molecule has 0 aliphatic carbocycles. The number of methoxy groups -OCH3 is 2. The number of carbonyl (C=O) groups excluding carboxylic acids is 1. The summed E-state index contributed by atoms with van der Waals surface area (Å²) >= 11 is 0. The number of hydrogen-bond acceptors (Lipinski definition) is 4. The van der Waals surface area contributed by atoms with Gasteiger partial charge in [-0.3, -0.25) is 4.98 Å². The van der Waals surface area contributed by atoms with E-state index in [2.05, 4.69) is 15.6 Å². The second-order valence-electron chi connectivity index (χ2n) is 4.58. The van der Waals surface area contributed by atoms with Gasteiger partial charge in [0.15, 0.2) is 11.5 Å². The molecule has 0 aliphatic heterocycles. The van der Waals surface area contributed by atoms with Crippen LogP contribution >= 0.6 is 0 Å². The molecule has 0 atom stereocenters. The highest BCUT2D eigenvalue weighted by molar-refractivity contribution is 5.73. The van der Waals surface area contributed by atoms with Crippen LogP contribution in [0.3, 0.4) is 0 Å². The Bertz CT molecular complexity index is 617. The van der Waals surface area contributed by atoms with Crippen molar-refractivity contribution in [2.24, 2.45) is 0 Å². The topological polar surface area (TPSA) is 72.5 Å². The van der Waals surface area contributed by atoms with Crippen molar-refractivity contribution in [3.8, 4) is 11.5 Å². The Balaban J connectivity index is 1.83. The maximum absolute atomic E-state index is 11.8. The molecule has 0 bridgehead atoms. The van der Waals surface area contributed by atoms with Gasteiger partial charge in [-0.15, -0.1) is 0 Å². The number of nitrogens with zero attached hydrogens (tertiary/aromatic N) is 1. The van der Waals surface area contributed by atoms with E-state index in [-0.39, 0.29) is 6.03 Å². The lowest BCUT2D eigenvalue weighted by Gasteiger charge is -2.11. The van der Waals surface area contributed by atoms with Gasteiger partial charge >= 0.3 is 6.03 Å². The predicted octanol–water partition coefficient (Wildman–Crippen LogP) is 2.10. The highest BCUT2D eigenvalue weighted by Gasteiger charge is 2.06. The van der Waals surface area contributed by atoms with E-state index in [0.29, 0.717) is 24.6 Å². The highest BCUT2D eigenvalue weighted by atomic mass is 16.5. The first-order valence-electron chi connectivity index (χ1n) is 6.84. The summed E-state index contributed by atoms with van der Waals surface area (Å²) in [6.07, 6.45) is 3.39. The van der Waals surface area contributed by atoms with E-state index < -0.39 is 0 Å². The summed E-state index contributed by atoms with van der Waals surface area (Å²) in [6.45, 7) is 0.864. The monoisotopic (exact) mass is 301 g/mol. The number of nitrogens with one attached hydrogen (secondary N) is 2. The van der Waals surface area contributed by atoms with Crippen molar-refractivity contribution in [3.05, 3.63) is 53.9 Å². The number of rotatable bonds is 6. The number of pyridine rings is 1. The molecule has 0 radical (unpaired) electrons. The average molecular weight is 301 g/mol. The third-order valence-corrected chi connectivity index (χ3v) is 3.10. The Labute approximate surface area is 129 Å². The van der Waals surface area contributed by atoms with Gasteiger partial charge < -0.3 is 20.1 Å². The third kappa shape index (κ3) is 4.37. The zero-order valence-electron chi connectivity index (χ0n) is 12.6. The number of aromatic nitrogens is 1. The van der Waals surface area contributed by atoms with Crippen molar-refractivity contribution in [2.45, 2.75) is 13.1 Å². The van der Waals surface area contributed by atoms with E-state index in [1.165, 1.54) is 0 Å². The zero-order chi connectivity index (χ0) is 15.8. The number of urea groups is 1. The van der Waals surface area contributed by atoms with Crippen molar-refractivity contribution >= 4 is 6.03 Å². The van der Waals surface area contributed by atoms with E-state index >= 15 is 0 Å². The maximum Gasteiger partial charge on any atom is 0.315 e. The van der Waals surface area contributed by atoms with Crippen LogP contribution in [0.1, 0.15) is 11.1 Å². The van der Waals surface area contributed by atoms with E-state index in [4.69, 9.17) is 9.47 Å². The molecule has 2 amide bonds. The number of carbonyl (C=O) groups is 1. The van der Waals surface area contributed by atoms with Gasteiger partial charge in [-0.1, -0.05) is 6.07 Å². The molecule has 2 N–H and O–H groups in total. The predicted molar refractivity (Wildman–Crippen MR) is 82.9 cm³/mol. The van der Waals surface area contributed by atoms with Gasteiger partial charge in [0, 0.05) is 25.5 Å². The van der Waals surface area contributed by atoms with Crippen molar-refractivity contribution in [1.29, 1.82) is 0 Å². The molecule has 22 heavy (non-hydrogen) atoms. The average Bonchev–Trinajstić information content (AvgIpc) is 2.58. The molecular weight excluding hydrogens is 282 g/mol. The van der Waals surface area contributed by atoms with Crippen LogP contribution in [0.2, 0.25) is 0 Å². The van der Waals surface area contributed by atoms with Gasteiger partial charge in [0.2, 0.25) is 0 Å². The van der Waals surface area contributed by atoms with Crippen LogP contribution in [-0.4, -0.2) is 25.2 Å². The fourth-order valence-electron chi connectivity index (χ4n) is 1.92. The Morgan fingerprint density at radius 2 is 1.59 bits per heavy atom. The molecule has 1 heterocycles. The SMILES string of the molecule is COc1ccc(CNC(=O)NCc2ccncc2)cc1OC. The first-order chi connectivity index (χ1) is 10.7. The van der Waals surface area contributed by atoms with Crippen molar-refractivity contribution in [2.75, 3.05) is 14.2 Å². The van der Waals surface area contributed by atoms with Crippen LogP contribution in [0, 0.1) is 0 Å². The molecule has 0 aliphatic rings. The normalized spacial score (nSPS) is 9.91. The molecule has 0 saturated heterocycles. The lowest BCUT2D eigenvalue weighted by atomic mass is 10.2. The van der Waals surface area contributed by atoms with Gasteiger partial charge in [-0.05, 0) is 35.4 Å². The number of benzene rings is 1. The summed E-state index contributed by atoms with van der Waals surface area (Å²) in [4.78, 5) is 15.7. The summed E-state index contributed by atoms with van der Waals surface area (Å²) in [6, 6.07) is 9.01. The Morgan fingerprint density at radius 3 is 2.23 bits per heavy atom. The number of hydrogen-bond donors (Lipinski definition) is 2. The minimum Gasteiger partial charge on any atom is -0.493 e. The van der Waals surface area contributed by atoms with Crippen molar-refractivity contribution in [3.63, 3.8) is 0 Å². The molecule has 1 aromatic carbocycles.